The van der Waals surface area contributed by atoms with Crippen LogP contribution in [0.2, 0.25) is 0 Å². The first-order valence-corrected chi connectivity index (χ1v) is 9.42. The topological polar surface area (TPSA) is 103 Å². The van der Waals surface area contributed by atoms with Crippen molar-refractivity contribution in [2.75, 3.05) is 19.5 Å². The largest absolute Gasteiger partial charge is 0.493 e. The Bertz CT molecular complexity index is 884. The van der Waals surface area contributed by atoms with E-state index in [0.29, 0.717) is 22.7 Å². The minimum absolute atomic E-state index is 0.0629. The fraction of sp³-hybridized carbons (Fsp3) is 0.318. The van der Waals surface area contributed by atoms with Crippen LogP contribution >= 0.6 is 0 Å². The number of carbonyl (C=O) groups excluding carboxylic acids is 3. The Kier molecular flexibility index (Phi) is 8.22. The molecule has 0 saturated heterocycles. The Balaban J connectivity index is 1.84. The number of esters is 1. The van der Waals surface area contributed by atoms with Crippen LogP contribution in [-0.2, 0) is 14.3 Å². The second-order valence-electron chi connectivity index (χ2n) is 6.64. The maximum atomic E-state index is 12.3. The lowest BCUT2D eigenvalue weighted by atomic mass is 10.2. The molecule has 2 atom stereocenters. The molecule has 2 aromatic carbocycles. The maximum absolute atomic E-state index is 12.3. The fourth-order valence-electron chi connectivity index (χ4n) is 2.65. The molecule has 2 aromatic rings. The van der Waals surface area contributed by atoms with E-state index >= 15 is 0 Å². The first-order chi connectivity index (χ1) is 14.3. The molecule has 0 heterocycles. The van der Waals surface area contributed by atoms with Crippen LogP contribution in [0.25, 0.3) is 0 Å². The van der Waals surface area contributed by atoms with Gasteiger partial charge in [-0.1, -0.05) is 18.2 Å². The van der Waals surface area contributed by atoms with Gasteiger partial charge in [0.25, 0.3) is 11.8 Å². The molecule has 0 aliphatic carbocycles. The third-order valence-electron chi connectivity index (χ3n) is 4.21. The van der Waals surface area contributed by atoms with E-state index in [4.69, 9.17) is 14.2 Å². The van der Waals surface area contributed by atoms with Crippen molar-refractivity contribution in [1.29, 1.82) is 0 Å². The van der Waals surface area contributed by atoms with Gasteiger partial charge in [0.1, 0.15) is 0 Å². The summed E-state index contributed by atoms with van der Waals surface area (Å²) in [5.41, 5.74) is 0.976. The van der Waals surface area contributed by atoms with Crippen molar-refractivity contribution in [2.24, 2.45) is 0 Å². The van der Waals surface area contributed by atoms with Crippen molar-refractivity contribution in [1.82, 2.24) is 5.32 Å². The highest BCUT2D eigenvalue weighted by Gasteiger charge is 2.21. The van der Waals surface area contributed by atoms with Crippen molar-refractivity contribution in [3.8, 4) is 11.5 Å². The van der Waals surface area contributed by atoms with Gasteiger partial charge in [-0.25, -0.2) is 0 Å². The number of nitrogens with one attached hydrogen (secondary N) is 2. The molecule has 0 bridgehead atoms. The lowest BCUT2D eigenvalue weighted by Gasteiger charge is -2.17. The maximum Gasteiger partial charge on any atom is 0.308 e. The molecule has 160 valence electrons. The second kappa shape index (κ2) is 10.8. The van der Waals surface area contributed by atoms with E-state index in [2.05, 4.69) is 10.6 Å². The first-order valence-electron chi connectivity index (χ1n) is 9.42. The van der Waals surface area contributed by atoms with Crippen LogP contribution in [0.1, 0.15) is 30.6 Å². The molecule has 2 unspecified atom stereocenters. The number of rotatable bonds is 9. The molecule has 8 heteroatoms. The Morgan fingerprint density at radius 1 is 0.933 bits per heavy atom. The Morgan fingerprint density at radius 2 is 1.60 bits per heavy atom. The summed E-state index contributed by atoms with van der Waals surface area (Å²) in [6.45, 7) is 3.16. The molecular formula is C22H26N2O6. The smallest absolute Gasteiger partial charge is 0.308 e. The highest BCUT2D eigenvalue weighted by Crippen LogP contribution is 2.29. The van der Waals surface area contributed by atoms with Crippen LogP contribution < -0.4 is 20.1 Å². The van der Waals surface area contributed by atoms with Crippen LogP contribution in [-0.4, -0.2) is 44.1 Å². The van der Waals surface area contributed by atoms with E-state index in [1.54, 1.807) is 49.4 Å². The van der Waals surface area contributed by atoms with Gasteiger partial charge >= 0.3 is 5.97 Å². The average molecular weight is 414 g/mol. The van der Waals surface area contributed by atoms with Gasteiger partial charge in [0.05, 0.1) is 20.6 Å². The van der Waals surface area contributed by atoms with E-state index in [9.17, 15) is 14.4 Å². The van der Waals surface area contributed by atoms with Gasteiger partial charge in [-0.3, -0.25) is 14.4 Å². The van der Waals surface area contributed by atoms with Gasteiger partial charge in [0, 0.05) is 23.4 Å². The molecule has 0 radical (unpaired) electrons. The van der Waals surface area contributed by atoms with Crippen molar-refractivity contribution < 1.29 is 28.6 Å². The minimum Gasteiger partial charge on any atom is -0.493 e. The number of anilines is 1. The van der Waals surface area contributed by atoms with E-state index in [-0.39, 0.29) is 12.3 Å². The van der Waals surface area contributed by atoms with E-state index in [0.717, 1.165) is 0 Å². The molecule has 30 heavy (non-hydrogen) atoms. The number of hydrogen-bond acceptors (Lipinski definition) is 6. The molecule has 0 aromatic heterocycles. The molecule has 8 nitrogen and oxygen atoms in total. The molecule has 0 saturated carbocycles. The van der Waals surface area contributed by atoms with Gasteiger partial charge < -0.3 is 24.8 Å². The zero-order valence-electron chi connectivity index (χ0n) is 17.4. The van der Waals surface area contributed by atoms with Gasteiger partial charge in [-0.15, -0.1) is 0 Å². The van der Waals surface area contributed by atoms with Crippen molar-refractivity contribution in [3.63, 3.8) is 0 Å². The van der Waals surface area contributed by atoms with Crippen molar-refractivity contribution in [3.05, 3.63) is 54.1 Å². The predicted molar refractivity (Wildman–Crippen MR) is 112 cm³/mol. The van der Waals surface area contributed by atoms with Crippen LogP contribution in [0.4, 0.5) is 5.69 Å². The summed E-state index contributed by atoms with van der Waals surface area (Å²) in [5, 5.41) is 5.39. The van der Waals surface area contributed by atoms with Gasteiger partial charge in [-0.2, -0.15) is 0 Å². The van der Waals surface area contributed by atoms with Crippen LogP contribution in [0.5, 0.6) is 11.5 Å². The van der Waals surface area contributed by atoms with Gasteiger partial charge in [0.15, 0.2) is 17.6 Å². The quantitative estimate of drug-likeness (QED) is 0.612. The molecule has 2 amide bonds. The lowest BCUT2D eigenvalue weighted by Crippen LogP contribution is -2.36. The summed E-state index contributed by atoms with van der Waals surface area (Å²) in [6, 6.07) is 13.1. The summed E-state index contributed by atoms with van der Waals surface area (Å²) in [7, 11) is 3.01. The molecule has 0 spiro atoms. The zero-order valence-corrected chi connectivity index (χ0v) is 17.4. The normalized spacial score (nSPS) is 12.3. The monoisotopic (exact) mass is 414 g/mol. The van der Waals surface area contributed by atoms with Crippen LogP contribution in [0, 0.1) is 0 Å². The number of ether oxygens (including phenoxy) is 3. The number of carbonyl (C=O) groups is 3. The summed E-state index contributed by atoms with van der Waals surface area (Å²) in [5.74, 6) is -0.373. The number of benzene rings is 2. The lowest BCUT2D eigenvalue weighted by molar-refractivity contribution is -0.153. The average Bonchev–Trinajstić information content (AvgIpc) is 2.73. The molecule has 0 fully saturated rings. The van der Waals surface area contributed by atoms with Crippen LogP contribution in [0.15, 0.2) is 48.5 Å². The number of hydrogen-bond donors (Lipinski definition) is 2. The van der Waals surface area contributed by atoms with Gasteiger partial charge in [0.2, 0.25) is 0 Å². The van der Waals surface area contributed by atoms with Gasteiger partial charge in [-0.05, 0) is 38.1 Å². The zero-order chi connectivity index (χ0) is 22.1. The minimum atomic E-state index is -1.01. The standard InChI is InChI=1S/C22H26N2O6/c1-14(23-22(27)16-8-6-5-7-9-16)12-20(25)30-15(2)21(26)24-17-10-11-18(28-3)19(13-17)29-4/h5-11,13-15H,12H2,1-4H3,(H,23,27)(H,24,26). The Labute approximate surface area is 175 Å². The fourth-order valence-corrected chi connectivity index (χ4v) is 2.65. The third-order valence-corrected chi connectivity index (χ3v) is 4.21. The molecular weight excluding hydrogens is 388 g/mol. The molecule has 2 N–H and O–H groups in total. The summed E-state index contributed by atoms with van der Waals surface area (Å²) < 4.78 is 15.5. The molecule has 2 rings (SSSR count). The number of amides is 2. The SMILES string of the molecule is COc1ccc(NC(=O)C(C)OC(=O)CC(C)NC(=O)c2ccccc2)cc1OC. The third kappa shape index (κ3) is 6.51. The van der Waals surface area contributed by atoms with Crippen LogP contribution in [0.3, 0.4) is 0 Å². The summed E-state index contributed by atoms with van der Waals surface area (Å²) >= 11 is 0. The first kappa shape index (κ1) is 22.7. The number of methoxy groups -OCH3 is 2. The second-order valence-corrected chi connectivity index (χ2v) is 6.64. The predicted octanol–water partition coefficient (Wildman–Crippen LogP) is 2.78. The molecule has 0 aliphatic rings. The van der Waals surface area contributed by atoms with E-state index in [1.807, 2.05) is 6.07 Å². The Hall–Kier alpha value is -3.55. The Morgan fingerprint density at radius 3 is 2.23 bits per heavy atom. The highest BCUT2D eigenvalue weighted by molar-refractivity contribution is 5.96. The molecule has 0 aliphatic heterocycles. The van der Waals surface area contributed by atoms with E-state index < -0.39 is 24.0 Å². The summed E-state index contributed by atoms with van der Waals surface area (Å²) in [6.07, 6.45) is -1.07. The van der Waals surface area contributed by atoms with E-state index in [1.165, 1.54) is 21.1 Å². The summed E-state index contributed by atoms with van der Waals surface area (Å²) in [4.78, 5) is 36.6. The highest BCUT2D eigenvalue weighted by atomic mass is 16.5. The van der Waals surface area contributed by atoms with Crippen molar-refractivity contribution >= 4 is 23.5 Å². The van der Waals surface area contributed by atoms with Crippen molar-refractivity contribution in [2.45, 2.75) is 32.4 Å².